The molecule has 2 fully saturated rings. The number of benzene rings is 1. The van der Waals surface area contributed by atoms with Crippen molar-refractivity contribution < 1.29 is 9.18 Å². The number of amides is 1. The SMILES string of the molecule is Cc1cccc(CN2[C@H](c3ccccc3F)C[C@H]3NC(=O)CCCC[C@@H]32)n1. The van der Waals surface area contributed by atoms with Crippen molar-refractivity contribution in [3.63, 3.8) is 0 Å². The molecule has 0 radical (unpaired) electrons. The van der Waals surface area contributed by atoms with Gasteiger partial charge in [0.1, 0.15) is 5.82 Å². The minimum Gasteiger partial charge on any atom is -0.352 e. The van der Waals surface area contributed by atoms with E-state index in [9.17, 15) is 9.18 Å². The molecule has 0 unspecified atom stereocenters. The Kier molecular flexibility index (Phi) is 5.21. The summed E-state index contributed by atoms with van der Waals surface area (Å²) in [6, 6.07) is 13.3. The van der Waals surface area contributed by atoms with E-state index < -0.39 is 0 Å². The van der Waals surface area contributed by atoms with E-state index in [1.54, 1.807) is 6.07 Å². The fourth-order valence-electron chi connectivity index (χ4n) is 4.59. The second-order valence-corrected chi connectivity index (χ2v) is 7.70. The normalized spacial score (nSPS) is 26.1. The van der Waals surface area contributed by atoms with E-state index in [4.69, 9.17) is 0 Å². The molecule has 5 heteroatoms. The molecule has 3 atom stereocenters. The Bertz CT molecular complexity index is 825. The zero-order valence-electron chi connectivity index (χ0n) is 15.7. The largest absolute Gasteiger partial charge is 0.352 e. The number of halogens is 1. The monoisotopic (exact) mass is 367 g/mol. The van der Waals surface area contributed by atoms with E-state index in [1.807, 2.05) is 37.3 Å². The molecule has 1 amide bonds. The maximum atomic E-state index is 14.6. The molecule has 0 spiro atoms. The highest BCUT2D eigenvalue weighted by molar-refractivity contribution is 5.76. The van der Waals surface area contributed by atoms with Crippen LogP contribution in [0.4, 0.5) is 4.39 Å². The number of rotatable bonds is 3. The average molecular weight is 367 g/mol. The summed E-state index contributed by atoms with van der Waals surface area (Å²) in [5, 5.41) is 3.20. The minimum atomic E-state index is -0.176. The zero-order valence-corrected chi connectivity index (χ0v) is 15.7. The molecule has 1 aromatic carbocycles. The van der Waals surface area contributed by atoms with Crippen LogP contribution in [0.5, 0.6) is 0 Å². The zero-order chi connectivity index (χ0) is 18.8. The predicted molar refractivity (Wildman–Crippen MR) is 102 cm³/mol. The van der Waals surface area contributed by atoms with Crippen LogP contribution in [0, 0.1) is 12.7 Å². The van der Waals surface area contributed by atoms with Crippen LogP contribution in [0.25, 0.3) is 0 Å². The van der Waals surface area contributed by atoms with Crippen molar-refractivity contribution in [2.24, 2.45) is 0 Å². The Hall–Kier alpha value is -2.27. The van der Waals surface area contributed by atoms with E-state index in [-0.39, 0.29) is 29.8 Å². The summed E-state index contributed by atoms with van der Waals surface area (Å²) in [5.74, 6) is -0.0576. The molecule has 2 aromatic rings. The number of nitrogens with zero attached hydrogens (tertiary/aromatic N) is 2. The standard InChI is InChI=1S/C22H26FN3O/c1-15-7-6-8-16(24-15)14-26-20-11-4-5-12-22(27)25-19(20)13-21(26)17-9-2-3-10-18(17)23/h2-3,6-10,19-21H,4-5,11-14H2,1H3,(H,25,27)/t19-,20+,21+/m1/s1. The van der Waals surface area contributed by atoms with Crippen molar-refractivity contribution in [3.8, 4) is 0 Å². The molecule has 2 saturated heterocycles. The summed E-state index contributed by atoms with van der Waals surface area (Å²) >= 11 is 0. The van der Waals surface area contributed by atoms with E-state index in [0.717, 1.165) is 37.1 Å². The van der Waals surface area contributed by atoms with Gasteiger partial charge in [-0.3, -0.25) is 14.7 Å². The van der Waals surface area contributed by atoms with Crippen LogP contribution >= 0.6 is 0 Å². The Morgan fingerprint density at radius 1 is 1.19 bits per heavy atom. The van der Waals surface area contributed by atoms with Crippen LogP contribution in [0.2, 0.25) is 0 Å². The predicted octanol–water partition coefficient (Wildman–Crippen LogP) is 3.90. The molecule has 2 aliphatic heterocycles. The fourth-order valence-corrected chi connectivity index (χ4v) is 4.59. The molecular formula is C22H26FN3O. The third-order valence-corrected chi connectivity index (χ3v) is 5.82. The van der Waals surface area contributed by atoms with Crippen LogP contribution in [-0.4, -0.2) is 27.9 Å². The van der Waals surface area contributed by atoms with Gasteiger partial charge in [0.2, 0.25) is 5.91 Å². The Balaban J connectivity index is 1.69. The Morgan fingerprint density at radius 3 is 2.85 bits per heavy atom. The highest BCUT2D eigenvalue weighted by Crippen LogP contribution is 2.40. The van der Waals surface area contributed by atoms with Gasteiger partial charge < -0.3 is 5.32 Å². The van der Waals surface area contributed by atoms with E-state index in [0.29, 0.717) is 18.5 Å². The van der Waals surface area contributed by atoms with Crippen molar-refractivity contribution in [3.05, 3.63) is 65.2 Å². The molecule has 27 heavy (non-hydrogen) atoms. The number of pyridine rings is 1. The molecule has 4 rings (SSSR count). The molecule has 3 heterocycles. The summed E-state index contributed by atoms with van der Waals surface area (Å²) in [4.78, 5) is 19.2. The second-order valence-electron chi connectivity index (χ2n) is 7.70. The summed E-state index contributed by atoms with van der Waals surface area (Å²) < 4.78 is 14.6. The summed E-state index contributed by atoms with van der Waals surface area (Å²) in [6.07, 6.45) is 4.28. The van der Waals surface area contributed by atoms with Gasteiger partial charge in [0, 0.05) is 42.3 Å². The first kappa shape index (κ1) is 18.1. The number of fused-ring (bicyclic) bond motifs is 1. The van der Waals surface area contributed by atoms with Crippen LogP contribution in [0.1, 0.15) is 55.1 Å². The second kappa shape index (κ2) is 7.77. The first-order valence-electron chi connectivity index (χ1n) is 9.84. The lowest BCUT2D eigenvalue weighted by atomic mass is 9.97. The van der Waals surface area contributed by atoms with E-state index in [2.05, 4.69) is 15.2 Å². The number of carbonyl (C=O) groups excluding carboxylic acids is 1. The van der Waals surface area contributed by atoms with Crippen molar-refractivity contribution in [2.75, 3.05) is 0 Å². The van der Waals surface area contributed by atoms with Crippen LogP contribution in [0.15, 0.2) is 42.5 Å². The number of likely N-dealkylation sites (tertiary alicyclic amines) is 1. The number of hydrogen-bond acceptors (Lipinski definition) is 3. The number of aromatic nitrogens is 1. The molecule has 1 N–H and O–H groups in total. The maximum absolute atomic E-state index is 14.6. The van der Waals surface area contributed by atoms with Gasteiger partial charge in [-0.2, -0.15) is 0 Å². The van der Waals surface area contributed by atoms with Crippen LogP contribution in [0.3, 0.4) is 0 Å². The molecule has 142 valence electrons. The van der Waals surface area contributed by atoms with Crippen molar-refractivity contribution in [1.29, 1.82) is 0 Å². The minimum absolute atomic E-state index is 0.0538. The Labute approximate surface area is 159 Å². The number of carbonyl (C=O) groups is 1. The molecule has 0 saturated carbocycles. The van der Waals surface area contributed by atoms with Gasteiger partial charge >= 0.3 is 0 Å². The smallest absolute Gasteiger partial charge is 0.220 e. The molecule has 4 nitrogen and oxygen atoms in total. The molecule has 2 aliphatic rings. The lowest BCUT2D eigenvalue weighted by molar-refractivity contribution is -0.122. The van der Waals surface area contributed by atoms with Gasteiger partial charge in [-0.25, -0.2) is 4.39 Å². The third-order valence-electron chi connectivity index (χ3n) is 5.82. The van der Waals surface area contributed by atoms with Crippen molar-refractivity contribution in [1.82, 2.24) is 15.2 Å². The third kappa shape index (κ3) is 3.88. The molecule has 0 aliphatic carbocycles. The summed E-state index contributed by atoms with van der Waals surface area (Å²) in [6.45, 7) is 2.65. The van der Waals surface area contributed by atoms with Gasteiger partial charge in [-0.1, -0.05) is 30.7 Å². The Morgan fingerprint density at radius 2 is 2.04 bits per heavy atom. The maximum Gasteiger partial charge on any atom is 0.220 e. The highest BCUT2D eigenvalue weighted by atomic mass is 19.1. The summed E-state index contributed by atoms with van der Waals surface area (Å²) in [5.41, 5.74) is 2.69. The van der Waals surface area contributed by atoms with Crippen LogP contribution in [-0.2, 0) is 11.3 Å². The summed E-state index contributed by atoms with van der Waals surface area (Å²) in [7, 11) is 0. The van der Waals surface area contributed by atoms with E-state index in [1.165, 1.54) is 6.07 Å². The topological polar surface area (TPSA) is 45.2 Å². The molecule has 0 bridgehead atoms. The van der Waals surface area contributed by atoms with Gasteiger partial charge in [0.25, 0.3) is 0 Å². The van der Waals surface area contributed by atoms with Crippen molar-refractivity contribution >= 4 is 5.91 Å². The van der Waals surface area contributed by atoms with Gasteiger partial charge in [0.15, 0.2) is 0 Å². The van der Waals surface area contributed by atoms with Gasteiger partial charge in [-0.05, 0) is 44.4 Å². The first-order chi connectivity index (χ1) is 13.1. The molecule has 1 aromatic heterocycles. The number of hydrogen-bond donors (Lipinski definition) is 1. The fraction of sp³-hybridized carbons (Fsp3) is 0.455. The van der Waals surface area contributed by atoms with Crippen molar-refractivity contribution in [2.45, 2.75) is 63.7 Å². The quantitative estimate of drug-likeness (QED) is 0.895. The lowest BCUT2D eigenvalue weighted by Crippen LogP contribution is -2.46. The average Bonchev–Trinajstić information content (AvgIpc) is 2.94. The number of nitrogens with one attached hydrogen (secondary N) is 1. The van der Waals surface area contributed by atoms with E-state index >= 15 is 0 Å². The van der Waals surface area contributed by atoms with Gasteiger partial charge in [-0.15, -0.1) is 0 Å². The lowest BCUT2D eigenvalue weighted by Gasteiger charge is -2.32. The van der Waals surface area contributed by atoms with Crippen LogP contribution < -0.4 is 5.32 Å². The van der Waals surface area contributed by atoms with Gasteiger partial charge in [0.05, 0.1) is 5.69 Å². The number of aryl methyl sites for hydroxylation is 1. The molecular weight excluding hydrogens is 341 g/mol. The highest BCUT2D eigenvalue weighted by Gasteiger charge is 2.43. The first-order valence-corrected chi connectivity index (χ1v) is 9.84.